The van der Waals surface area contributed by atoms with Gasteiger partial charge in [-0.25, -0.2) is 4.98 Å². The largest absolute Gasteiger partial charge is 0.374 e. The van der Waals surface area contributed by atoms with E-state index in [1.807, 2.05) is 6.92 Å². The van der Waals surface area contributed by atoms with Gasteiger partial charge in [-0.2, -0.15) is 0 Å². The average Bonchev–Trinajstić information content (AvgIpc) is 3.01. The molecule has 1 amide bonds. The van der Waals surface area contributed by atoms with E-state index in [2.05, 4.69) is 61.1 Å². The maximum absolute atomic E-state index is 12.7. The summed E-state index contributed by atoms with van der Waals surface area (Å²) in [5.41, 5.74) is 4.29. The summed E-state index contributed by atoms with van der Waals surface area (Å²) in [6.45, 7) is 14.7. The van der Waals surface area contributed by atoms with Crippen molar-refractivity contribution in [1.29, 1.82) is 0 Å². The summed E-state index contributed by atoms with van der Waals surface area (Å²) in [6, 6.07) is 6.32. The number of carbonyl (C=O) groups excluding carboxylic acids is 1. The van der Waals surface area contributed by atoms with Crippen molar-refractivity contribution in [2.75, 3.05) is 32.8 Å². The van der Waals surface area contributed by atoms with Gasteiger partial charge in [0, 0.05) is 31.7 Å². The van der Waals surface area contributed by atoms with Crippen LogP contribution in [0.4, 0.5) is 0 Å². The third-order valence-corrected chi connectivity index (χ3v) is 6.14. The molecule has 2 heterocycles. The number of nitrogens with one attached hydrogen (secondary N) is 1. The third kappa shape index (κ3) is 5.19. The number of aryl methyl sites for hydroxylation is 3. The lowest BCUT2D eigenvalue weighted by molar-refractivity contribution is -0.0295. The first-order chi connectivity index (χ1) is 13.3. The minimum absolute atomic E-state index is 0.0449. The third-order valence-electron chi connectivity index (χ3n) is 4.95. The summed E-state index contributed by atoms with van der Waals surface area (Å²) >= 11 is 1.46. The van der Waals surface area contributed by atoms with Crippen LogP contribution in [0.5, 0.6) is 0 Å². The van der Waals surface area contributed by atoms with E-state index in [-0.39, 0.29) is 12.0 Å². The zero-order chi connectivity index (χ0) is 20.3. The van der Waals surface area contributed by atoms with Crippen LogP contribution in [0.3, 0.4) is 0 Å². The second kappa shape index (κ2) is 9.16. The molecule has 0 saturated carbocycles. The number of amides is 1. The lowest BCUT2D eigenvalue weighted by Crippen LogP contribution is -2.48. The molecule has 1 atom stereocenters. The van der Waals surface area contributed by atoms with Crippen molar-refractivity contribution in [2.45, 2.75) is 40.7 Å². The normalized spacial score (nSPS) is 17.9. The van der Waals surface area contributed by atoms with Gasteiger partial charge in [-0.3, -0.25) is 9.69 Å². The molecule has 1 aliphatic heterocycles. The van der Waals surface area contributed by atoms with E-state index < -0.39 is 0 Å². The highest BCUT2D eigenvalue weighted by Gasteiger charge is 2.23. The monoisotopic (exact) mass is 401 g/mol. The number of ether oxygens (including phenoxy) is 1. The van der Waals surface area contributed by atoms with Crippen LogP contribution in [-0.4, -0.2) is 54.7 Å². The summed E-state index contributed by atoms with van der Waals surface area (Å²) in [5, 5.41) is 3.95. The van der Waals surface area contributed by atoms with E-state index in [9.17, 15) is 4.79 Å². The number of hydrogen-bond donors (Lipinski definition) is 1. The van der Waals surface area contributed by atoms with Gasteiger partial charge >= 0.3 is 0 Å². The molecule has 1 aliphatic rings. The lowest BCUT2D eigenvalue weighted by atomic mass is 10.1. The Morgan fingerprint density at radius 1 is 1.36 bits per heavy atom. The predicted octanol–water partition coefficient (Wildman–Crippen LogP) is 3.82. The summed E-state index contributed by atoms with van der Waals surface area (Å²) in [5.74, 6) is 0.576. The molecule has 1 fully saturated rings. The molecule has 1 unspecified atom stereocenters. The van der Waals surface area contributed by atoms with Gasteiger partial charge in [0.25, 0.3) is 5.91 Å². The summed E-state index contributed by atoms with van der Waals surface area (Å²) < 4.78 is 5.84. The average molecular weight is 402 g/mol. The lowest BCUT2D eigenvalue weighted by Gasteiger charge is -2.33. The maximum Gasteiger partial charge on any atom is 0.263 e. The van der Waals surface area contributed by atoms with E-state index >= 15 is 0 Å². The van der Waals surface area contributed by atoms with Crippen LogP contribution < -0.4 is 5.32 Å². The molecule has 5 nitrogen and oxygen atoms in total. The Morgan fingerprint density at radius 3 is 2.86 bits per heavy atom. The minimum Gasteiger partial charge on any atom is -0.374 e. The zero-order valence-corrected chi connectivity index (χ0v) is 18.4. The zero-order valence-electron chi connectivity index (χ0n) is 17.5. The molecule has 1 N–H and O–H groups in total. The quantitative estimate of drug-likeness (QED) is 0.799. The van der Waals surface area contributed by atoms with Crippen LogP contribution in [0, 0.1) is 26.7 Å². The molecule has 1 aromatic heterocycles. The molecule has 6 heteroatoms. The molecular weight excluding hydrogens is 370 g/mol. The first-order valence-corrected chi connectivity index (χ1v) is 10.8. The molecule has 0 radical (unpaired) electrons. The van der Waals surface area contributed by atoms with Crippen LogP contribution in [0.2, 0.25) is 0 Å². The highest BCUT2D eigenvalue weighted by Crippen LogP contribution is 2.30. The number of aromatic nitrogens is 1. The molecule has 152 valence electrons. The maximum atomic E-state index is 12.7. The van der Waals surface area contributed by atoms with Crippen LogP contribution in [0.25, 0.3) is 10.6 Å². The minimum atomic E-state index is -0.0596. The number of nitrogens with zero attached hydrogens (tertiary/aromatic N) is 2. The molecule has 3 rings (SSSR count). The number of benzene rings is 1. The Kier molecular flexibility index (Phi) is 6.86. The number of rotatable bonds is 6. The van der Waals surface area contributed by atoms with Crippen LogP contribution >= 0.6 is 11.3 Å². The number of morpholine rings is 1. The van der Waals surface area contributed by atoms with Crippen molar-refractivity contribution in [3.05, 3.63) is 39.9 Å². The molecule has 1 saturated heterocycles. The SMILES string of the molecule is Cc1ccc(-c2nc(C)c(C(=O)NCC3CN(CC(C)C)CCO3)s2)c(C)c1. The van der Waals surface area contributed by atoms with Gasteiger partial charge in [0.2, 0.25) is 0 Å². The second-order valence-electron chi connectivity index (χ2n) is 8.11. The van der Waals surface area contributed by atoms with E-state index in [0.29, 0.717) is 17.3 Å². The van der Waals surface area contributed by atoms with E-state index in [0.717, 1.165) is 42.5 Å². The van der Waals surface area contributed by atoms with Gasteiger partial charge in [0.05, 0.1) is 18.4 Å². The Hall–Kier alpha value is -1.76. The summed E-state index contributed by atoms with van der Waals surface area (Å²) in [7, 11) is 0. The predicted molar refractivity (Wildman–Crippen MR) is 115 cm³/mol. The Bertz CT molecular complexity index is 831. The molecule has 28 heavy (non-hydrogen) atoms. The number of thiazole rings is 1. The molecule has 1 aromatic carbocycles. The van der Waals surface area contributed by atoms with Gasteiger partial charge < -0.3 is 10.1 Å². The summed E-state index contributed by atoms with van der Waals surface area (Å²) in [4.78, 5) is 20.5. The smallest absolute Gasteiger partial charge is 0.263 e. The van der Waals surface area contributed by atoms with Gasteiger partial charge in [0.1, 0.15) is 9.88 Å². The fourth-order valence-corrected chi connectivity index (χ4v) is 4.72. The number of carbonyl (C=O) groups is 1. The van der Waals surface area contributed by atoms with Gasteiger partial charge in [-0.05, 0) is 32.3 Å². The van der Waals surface area contributed by atoms with Crippen molar-refractivity contribution in [3.63, 3.8) is 0 Å². The fourth-order valence-electron chi connectivity index (χ4n) is 3.65. The molecular formula is C22H31N3O2S. The van der Waals surface area contributed by atoms with Crippen molar-refractivity contribution >= 4 is 17.2 Å². The highest BCUT2D eigenvalue weighted by atomic mass is 32.1. The molecule has 0 spiro atoms. The highest BCUT2D eigenvalue weighted by molar-refractivity contribution is 7.17. The number of hydrogen-bond acceptors (Lipinski definition) is 5. The van der Waals surface area contributed by atoms with Crippen LogP contribution in [0.1, 0.15) is 40.3 Å². The standard InChI is InChI=1S/C22H31N3O2S/c1-14(2)12-25-8-9-27-18(13-25)11-23-21(26)20-17(5)24-22(28-20)19-7-6-15(3)10-16(19)4/h6-7,10,14,18H,8-9,11-13H2,1-5H3,(H,23,26). The van der Waals surface area contributed by atoms with Gasteiger partial charge in [0.15, 0.2) is 0 Å². The fraction of sp³-hybridized carbons (Fsp3) is 0.545. The first kappa shape index (κ1) is 21.0. The Morgan fingerprint density at radius 2 is 2.14 bits per heavy atom. The summed E-state index contributed by atoms with van der Waals surface area (Å²) in [6.07, 6.45) is 0.0449. The van der Waals surface area contributed by atoms with Crippen LogP contribution in [-0.2, 0) is 4.74 Å². The second-order valence-corrected chi connectivity index (χ2v) is 9.11. The first-order valence-electron chi connectivity index (χ1n) is 10.0. The van der Waals surface area contributed by atoms with Crippen molar-refractivity contribution < 1.29 is 9.53 Å². The van der Waals surface area contributed by atoms with E-state index in [1.165, 1.54) is 22.5 Å². The Labute approximate surface area is 172 Å². The van der Waals surface area contributed by atoms with Crippen LogP contribution in [0.15, 0.2) is 18.2 Å². The molecule has 0 bridgehead atoms. The molecule has 2 aromatic rings. The van der Waals surface area contributed by atoms with E-state index in [4.69, 9.17) is 4.74 Å². The van der Waals surface area contributed by atoms with Crippen molar-refractivity contribution in [3.8, 4) is 10.6 Å². The van der Waals surface area contributed by atoms with E-state index in [1.54, 1.807) is 0 Å². The Balaban J connectivity index is 1.63. The van der Waals surface area contributed by atoms with Gasteiger partial charge in [-0.1, -0.05) is 37.6 Å². The topological polar surface area (TPSA) is 54.5 Å². The molecule has 0 aliphatic carbocycles. The van der Waals surface area contributed by atoms with Gasteiger partial charge in [-0.15, -0.1) is 11.3 Å². The van der Waals surface area contributed by atoms with Crippen molar-refractivity contribution in [1.82, 2.24) is 15.2 Å². The van der Waals surface area contributed by atoms with Crippen molar-refractivity contribution in [2.24, 2.45) is 5.92 Å².